The van der Waals surface area contributed by atoms with Crippen molar-refractivity contribution in [1.29, 1.82) is 0 Å². The molecule has 1 fully saturated rings. The van der Waals surface area contributed by atoms with Gasteiger partial charge in [-0.1, -0.05) is 18.2 Å². The second-order valence-electron chi connectivity index (χ2n) is 6.50. The molecule has 132 valence electrons. The number of piperidine rings is 1. The normalized spacial score (nSPS) is 15.0. The fourth-order valence-electron chi connectivity index (χ4n) is 3.11. The topological polar surface area (TPSA) is 54.5 Å². The van der Waals surface area contributed by atoms with Crippen molar-refractivity contribution >= 4 is 11.7 Å². The maximum atomic E-state index is 12.4. The number of ether oxygens (including phenoxy) is 1. The lowest BCUT2D eigenvalue weighted by Crippen LogP contribution is -2.41. The summed E-state index contributed by atoms with van der Waals surface area (Å²) in [6.45, 7) is 4.31. The zero-order valence-electron chi connectivity index (χ0n) is 14.6. The van der Waals surface area contributed by atoms with E-state index >= 15 is 0 Å². The molecular formula is C20H25N3O2. The van der Waals surface area contributed by atoms with Crippen molar-refractivity contribution in [2.75, 3.05) is 25.0 Å². The largest absolute Gasteiger partial charge is 0.492 e. The Labute approximate surface area is 149 Å². The Kier molecular flexibility index (Phi) is 5.88. The number of pyridine rings is 1. The molecule has 1 N–H and O–H groups in total. The van der Waals surface area contributed by atoms with Crippen LogP contribution in [-0.4, -0.2) is 35.6 Å². The second-order valence-corrected chi connectivity index (χ2v) is 6.50. The first-order valence-electron chi connectivity index (χ1n) is 8.87. The van der Waals surface area contributed by atoms with E-state index in [4.69, 9.17) is 4.74 Å². The summed E-state index contributed by atoms with van der Waals surface area (Å²) in [5, 5.41) is 3.01. The molecule has 3 rings (SSSR count). The Hall–Kier alpha value is -2.56. The molecule has 1 aromatic carbocycles. The van der Waals surface area contributed by atoms with Crippen LogP contribution < -0.4 is 10.1 Å². The molecule has 2 heterocycles. The number of carbonyl (C=O) groups is 1. The van der Waals surface area contributed by atoms with E-state index in [9.17, 15) is 4.79 Å². The monoisotopic (exact) mass is 339 g/mol. The maximum Gasteiger partial charge on any atom is 0.321 e. The summed E-state index contributed by atoms with van der Waals surface area (Å²) in [5.41, 5.74) is 1.97. The number of nitrogens with zero attached hydrogens (tertiary/aromatic N) is 2. The number of aromatic nitrogens is 1. The minimum absolute atomic E-state index is 0.000593. The first kappa shape index (κ1) is 17.3. The number of nitrogens with one attached hydrogen (secondary N) is 1. The van der Waals surface area contributed by atoms with Gasteiger partial charge in [-0.05, 0) is 55.9 Å². The van der Waals surface area contributed by atoms with Crippen LogP contribution in [-0.2, 0) is 0 Å². The number of rotatable bonds is 5. The highest BCUT2D eigenvalue weighted by Crippen LogP contribution is 2.22. The summed E-state index contributed by atoms with van der Waals surface area (Å²) in [4.78, 5) is 18.4. The van der Waals surface area contributed by atoms with Gasteiger partial charge in [-0.15, -0.1) is 0 Å². The minimum atomic E-state index is -0.000593. The van der Waals surface area contributed by atoms with Gasteiger partial charge in [-0.2, -0.15) is 0 Å². The number of para-hydroxylation sites is 1. The van der Waals surface area contributed by atoms with Gasteiger partial charge >= 0.3 is 6.03 Å². The van der Waals surface area contributed by atoms with Gasteiger partial charge in [0.2, 0.25) is 0 Å². The summed E-state index contributed by atoms with van der Waals surface area (Å²) in [7, 11) is 0. The average Bonchev–Trinajstić information content (AvgIpc) is 2.65. The fraction of sp³-hybridized carbons (Fsp3) is 0.400. The Morgan fingerprint density at radius 2 is 2.04 bits per heavy atom. The van der Waals surface area contributed by atoms with Crippen LogP contribution in [0, 0.1) is 12.8 Å². The molecule has 0 unspecified atom stereocenters. The van der Waals surface area contributed by atoms with Gasteiger partial charge in [0, 0.05) is 25.0 Å². The molecule has 2 aromatic rings. The van der Waals surface area contributed by atoms with Gasteiger partial charge in [-0.3, -0.25) is 4.98 Å². The van der Waals surface area contributed by atoms with Crippen molar-refractivity contribution < 1.29 is 9.53 Å². The lowest BCUT2D eigenvalue weighted by atomic mass is 9.94. The van der Waals surface area contributed by atoms with Crippen molar-refractivity contribution in [2.24, 2.45) is 5.92 Å². The number of aryl methyl sites for hydroxylation is 1. The van der Waals surface area contributed by atoms with Crippen molar-refractivity contribution in [1.82, 2.24) is 9.88 Å². The Morgan fingerprint density at radius 3 is 2.76 bits per heavy atom. The summed E-state index contributed by atoms with van der Waals surface area (Å²) in [6, 6.07) is 11.7. The number of likely N-dealkylation sites (tertiary alicyclic amines) is 1. The van der Waals surface area contributed by atoms with Gasteiger partial charge in [0.1, 0.15) is 5.75 Å². The highest BCUT2D eigenvalue weighted by molar-refractivity contribution is 5.90. The van der Waals surface area contributed by atoms with Crippen molar-refractivity contribution in [2.45, 2.75) is 26.2 Å². The number of carbonyl (C=O) groups excluding carboxylic acids is 1. The highest BCUT2D eigenvalue weighted by Gasteiger charge is 2.23. The van der Waals surface area contributed by atoms with Crippen LogP contribution in [0.3, 0.4) is 0 Å². The van der Waals surface area contributed by atoms with E-state index in [-0.39, 0.29) is 6.03 Å². The Bertz CT molecular complexity index is 682. The molecule has 0 saturated carbocycles. The molecule has 2 amide bonds. The van der Waals surface area contributed by atoms with Crippen LogP contribution in [0.25, 0.3) is 0 Å². The lowest BCUT2D eigenvalue weighted by molar-refractivity contribution is 0.170. The smallest absolute Gasteiger partial charge is 0.321 e. The van der Waals surface area contributed by atoms with Crippen molar-refractivity contribution in [3.05, 3.63) is 54.4 Å². The number of hydrogen-bond donors (Lipinski definition) is 1. The summed E-state index contributed by atoms with van der Waals surface area (Å²) >= 11 is 0. The number of urea groups is 1. The molecule has 5 heteroatoms. The fourth-order valence-corrected chi connectivity index (χ4v) is 3.11. The van der Waals surface area contributed by atoms with Crippen LogP contribution in [0.15, 0.2) is 48.8 Å². The third kappa shape index (κ3) is 4.95. The average molecular weight is 339 g/mol. The molecule has 0 radical (unpaired) electrons. The SMILES string of the molecule is Cc1ccccc1NC(=O)N1CCC(CCOc2cccnc2)CC1. The van der Waals surface area contributed by atoms with E-state index in [1.807, 2.05) is 48.2 Å². The van der Waals surface area contributed by atoms with E-state index in [1.54, 1.807) is 12.4 Å². The van der Waals surface area contributed by atoms with Gasteiger partial charge in [0.15, 0.2) is 0 Å². The summed E-state index contributed by atoms with van der Waals surface area (Å²) < 4.78 is 5.72. The van der Waals surface area contributed by atoms with E-state index in [1.165, 1.54) is 0 Å². The molecule has 1 aliphatic rings. The first-order chi connectivity index (χ1) is 12.2. The zero-order chi connectivity index (χ0) is 17.5. The Morgan fingerprint density at radius 1 is 1.24 bits per heavy atom. The quantitative estimate of drug-likeness (QED) is 0.892. The highest BCUT2D eigenvalue weighted by atomic mass is 16.5. The molecule has 1 aromatic heterocycles. The van der Waals surface area contributed by atoms with E-state index < -0.39 is 0 Å². The Balaban J connectivity index is 1.39. The third-order valence-electron chi connectivity index (χ3n) is 4.72. The van der Waals surface area contributed by atoms with Gasteiger partial charge in [0.25, 0.3) is 0 Å². The van der Waals surface area contributed by atoms with Crippen LogP contribution >= 0.6 is 0 Å². The predicted molar refractivity (Wildman–Crippen MR) is 98.8 cm³/mol. The molecular weight excluding hydrogens is 314 g/mol. The van der Waals surface area contributed by atoms with Crippen LogP contribution in [0.4, 0.5) is 10.5 Å². The number of anilines is 1. The maximum absolute atomic E-state index is 12.4. The number of hydrogen-bond acceptors (Lipinski definition) is 3. The van der Waals surface area contributed by atoms with E-state index in [2.05, 4.69) is 10.3 Å². The molecule has 1 aliphatic heterocycles. The summed E-state index contributed by atoms with van der Waals surface area (Å²) in [5.74, 6) is 1.43. The second kappa shape index (κ2) is 8.51. The van der Waals surface area contributed by atoms with Crippen molar-refractivity contribution in [3.8, 4) is 5.75 Å². The molecule has 0 atom stereocenters. The van der Waals surface area contributed by atoms with Crippen molar-refractivity contribution in [3.63, 3.8) is 0 Å². The molecule has 0 bridgehead atoms. The third-order valence-corrected chi connectivity index (χ3v) is 4.72. The van der Waals surface area contributed by atoms with Gasteiger partial charge < -0.3 is 15.0 Å². The molecule has 0 spiro atoms. The number of amides is 2. The minimum Gasteiger partial charge on any atom is -0.492 e. The zero-order valence-corrected chi connectivity index (χ0v) is 14.6. The number of benzene rings is 1. The first-order valence-corrected chi connectivity index (χ1v) is 8.87. The van der Waals surface area contributed by atoms with Crippen LogP contribution in [0.2, 0.25) is 0 Å². The standard InChI is InChI=1S/C20H25N3O2/c1-16-5-2-3-7-19(16)22-20(24)23-12-8-17(9-13-23)10-14-25-18-6-4-11-21-15-18/h2-7,11,15,17H,8-10,12-14H2,1H3,(H,22,24). The van der Waals surface area contributed by atoms with E-state index in [0.717, 1.165) is 49.4 Å². The molecule has 5 nitrogen and oxygen atoms in total. The molecule has 1 saturated heterocycles. The molecule has 0 aliphatic carbocycles. The lowest BCUT2D eigenvalue weighted by Gasteiger charge is -2.32. The van der Waals surface area contributed by atoms with E-state index in [0.29, 0.717) is 12.5 Å². The summed E-state index contributed by atoms with van der Waals surface area (Å²) in [6.07, 6.45) is 6.54. The van der Waals surface area contributed by atoms with Gasteiger partial charge in [-0.25, -0.2) is 4.79 Å². The predicted octanol–water partition coefficient (Wildman–Crippen LogP) is 4.10. The van der Waals surface area contributed by atoms with Gasteiger partial charge in [0.05, 0.1) is 12.8 Å². The van der Waals surface area contributed by atoms with Crippen LogP contribution in [0.5, 0.6) is 5.75 Å². The van der Waals surface area contributed by atoms with Crippen LogP contribution in [0.1, 0.15) is 24.8 Å². The molecule has 25 heavy (non-hydrogen) atoms.